The highest BCUT2D eigenvalue weighted by Gasteiger charge is 2.14. The van der Waals surface area contributed by atoms with Crippen LogP contribution in [0.4, 0.5) is 0 Å². The molecule has 0 atom stereocenters. The SMILES string of the molecule is CC(C)Cc1cc(CC(C)C)c([O])c(CC(C)C)c1. The second-order valence-corrected chi connectivity index (χ2v) is 7.04. The standard InChI is InChI=1S/C18H29O/c1-12(2)7-15-10-16(8-13(3)4)18(19)17(11-15)9-14(5)6/h10-14H,7-9H2,1-6H3. The predicted molar refractivity (Wildman–Crippen MR) is 82.2 cm³/mol. The maximum absolute atomic E-state index is 12.5. The molecule has 0 heterocycles. The zero-order valence-electron chi connectivity index (χ0n) is 13.4. The molecule has 0 N–H and O–H groups in total. The highest BCUT2D eigenvalue weighted by molar-refractivity contribution is 5.44. The molecule has 0 spiro atoms. The minimum absolute atomic E-state index is 0.287. The fraction of sp³-hybridized carbons (Fsp3) is 0.667. The van der Waals surface area contributed by atoms with Crippen molar-refractivity contribution in [3.63, 3.8) is 0 Å². The van der Waals surface area contributed by atoms with E-state index in [1.54, 1.807) is 0 Å². The van der Waals surface area contributed by atoms with E-state index in [0.29, 0.717) is 17.8 Å². The summed E-state index contributed by atoms with van der Waals surface area (Å²) in [6, 6.07) is 4.29. The molecule has 0 amide bonds. The molecule has 1 aromatic rings. The molecule has 1 aromatic carbocycles. The van der Waals surface area contributed by atoms with Crippen LogP contribution in [0.15, 0.2) is 12.1 Å². The quantitative estimate of drug-likeness (QED) is 0.651. The summed E-state index contributed by atoms with van der Waals surface area (Å²) in [7, 11) is 0. The van der Waals surface area contributed by atoms with Crippen molar-refractivity contribution in [3.05, 3.63) is 28.8 Å². The van der Waals surface area contributed by atoms with Gasteiger partial charge < -0.3 is 0 Å². The number of benzene rings is 1. The first-order valence-corrected chi connectivity index (χ1v) is 7.61. The fourth-order valence-corrected chi connectivity index (χ4v) is 2.60. The first-order chi connectivity index (χ1) is 8.79. The van der Waals surface area contributed by atoms with Crippen LogP contribution < -0.4 is 0 Å². The maximum Gasteiger partial charge on any atom is 0.185 e. The van der Waals surface area contributed by atoms with Crippen LogP contribution in [0.5, 0.6) is 5.75 Å². The van der Waals surface area contributed by atoms with Gasteiger partial charge in [-0.2, -0.15) is 0 Å². The molecular formula is C18H29O. The molecule has 0 bridgehead atoms. The van der Waals surface area contributed by atoms with Gasteiger partial charge in [0.2, 0.25) is 0 Å². The lowest BCUT2D eigenvalue weighted by molar-refractivity contribution is 0.340. The normalized spacial score (nSPS) is 11.8. The van der Waals surface area contributed by atoms with Gasteiger partial charge in [0.15, 0.2) is 5.75 Å². The van der Waals surface area contributed by atoms with Crippen molar-refractivity contribution >= 4 is 0 Å². The summed E-state index contributed by atoms with van der Waals surface area (Å²) < 4.78 is 0. The van der Waals surface area contributed by atoms with Crippen LogP contribution in [0, 0.1) is 17.8 Å². The topological polar surface area (TPSA) is 19.9 Å². The lowest BCUT2D eigenvalue weighted by Crippen LogP contribution is -2.03. The van der Waals surface area contributed by atoms with Crippen LogP contribution >= 0.6 is 0 Å². The Morgan fingerprint density at radius 2 is 1.11 bits per heavy atom. The number of rotatable bonds is 6. The van der Waals surface area contributed by atoms with E-state index in [1.165, 1.54) is 5.56 Å². The summed E-state index contributed by atoms with van der Waals surface area (Å²) >= 11 is 0. The zero-order valence-corrected chi connectivity index (χ0v) is 13.4. The van der Waals surface area contributed by atoms with E-state index in [9.17, 15) is 5.11 Å². The van der Waals surface area contributed by atoms with Gasteiger partial charge in [-0.15, -0.1) is 0 Å². The van der Waals surface area contributed by atoms with Gasteiger partial charge in [0.05, 0.1) is 0 Å². The molecule has 0 aliphatic rings. The summed E-state index contributed by atoms with van der Waals surface area (Å²) in [5.41, 5.74) is 3.37. The molecule has 0 aliphatic heterocycles. The van der Waals surface area contributed by atoms with Gasteiger partial charge in [-0.05, 0) is 42.6 Å². The van der Waals surface area contributed by atoms with Gasteiger partial charge in [0.25, 0.3) is 0 Å². The van der Waals surface area contributed by atoms with E-state index in [4.69, 9.17) is 0 Å². The Hall–Kier alpha value is -0.980. The Morgan fingerprint density at radius 3 is 1.42 bits per heavy atom. The van der Waals surface area contributed by atoms with Gasteiger partial charge in [-0.25, -0.2) is 0 Å². The van der Waals surface area contributed by atoms with E-state index >= 15 is 0 Å². The average molecular weight is 261 g/mol. The lowest BCUT2D eigenvalue weighted by Gasteiger charge is -2.15. The van der Waals surface area contributed by atoms with Crippen LogP contribution in [0.2, 0.25) is 0 Å². The largest absolute Gasteiger partial charge is 0.289 e. The van der Waals surface area contributed by atoms with Crippen LogP contribution in [-0.4, -0.2) is 0 Å². The third-order valence-corrected chi connectivity index (χ3v) is 3.20. The first kappa shape index (κ1) is 16.1. The summed E-state index contributed by atoms with van der Waals surface area (Å²) in [5, 5.41) is 12.5. The average Bonchev–Trinajstić information content (AvgIpc) is 2.22. The molecule has 0 unspecified atom stereocenters. The van der Waals surface area contributed by atoms with Crippen molar-refractivity contribution in [1.29, 1.82) is 0 Å². The van der Waals surface area contributed by atoms with E-state index in [0.717, 1.165) is 30.4 Å². The van der Waals surface area contributed by atoms with Crippen molar-refractivity contribution in [1.82, 2.24) is 0 Å². The van der Waals surface area contributed by atoms with E-state index in [1.807, 2.05) is 0 Å². The molecule has 1 rings (SSSR count). The highest BCUT2D eigenvalue weighted by atomic mass is 16.3. The van der Waals surface area contributed by atoms with Crippen molar-refractivity contribution in [2.75, 3.05) is 0 Å². The minimum Gasteiger partial charge on any atom is -0.289 e. The summed E-state index contributed by atoms with van der Waals surface area (Å²) in [4.78, 5) is 0. The highest BCUT2D eigenvalue weighted by Crippen LogP contribution is 2.30. The molecule has 107 valence electrons. The van der Waals surface area contributed by atoms with E-state index in [-0.39, 0.29) is 5.75 Å². The molecule has 1 radical (unpaired) electrons. The van der Waals surface area contributed by atoms with Gasteiger partial charge in [-0.3, -0.25) is 5.11 Å². The Morgan fingerprint density at radius 1 is 0.737 bits per heavy atom. The summed E-state index contributed by atoms with van der Waals surface area (Å²) in [5.74, 6) is 1.99. The second kappa shape index (κ2) is 6.98. The maximum atomic E-state index is 12.5. The molecule has 0 saturated heterocycles. The molecule has 0 aromatic heterocycles. The Labute approximate surface area is 119 Å². The van der Waals surface area contributed by atoms with Crippen LogP contribution in [0.1, 0.15) is 58.2 Å². The fourth-order valence-electron chi connectivity index (χ4n) is 2.60. The van der Waals surface area contributed by atoms with E-state index in [2.05, 4.69) is 53.7 Å². The first-order valence-electron chi connectivity index (χ1n) is 7.61. The molecule has 0 aliphatic carbocycles. The van der Waals surface area contributed by atoms with Crippen LogP contribution in [0.25, 0.3) is 0 Å². The van der Waals surface area contributed by atoms with Crippen molar-refractivity contribution in [2.24, 2.45) is 17.8 Å². The zero-order chi connectivity index (χ0) is 14.6. The second-order valence-electron chi connectivity index (χ2n) is 7.04. The number of hydrogen-bond donors (Lipinski definition) is 0. The summed E-state index contributed by atoms with van der Waals surface area (Å²) in [6.45, 7) is 13.2. The van der Waals surface area contributed by atoms with E-state index < -0.39 is 0 Å². The third kappa shape index (κ3) is 5.26. The molecule has 1 nitrogen and oxygen atoms in total. The molecule has 19 heavy (non-hydrogen) atoms. The molecular weight excluding hydrogens is 232 g/mol. The van der Waals surface area contributed by atoms with Gasteiger partial charge in [-0.1, -0.05) is 53.7 Å². The van der Waals surface area contributed by atoms with Gasteiger partial charge in [0, 0.05) is 11.1 Å². The third-order valence-electron chi connectivity index (χ3n) is 3.20. The number of hydrogen-bond acceptors (Lipinski definition) is 0. The van der Waals surface area contributed by atoms with Crippen LogP contribution in [-0.2, 0) is 24.4 Å². The van der Waals surface area contributed by atoms with Crippen molar-refractivity contribution < 1.29 is 5.11 Å². The summed E-state index contributed by atoms with van der Waals surface area (Å²) in [6.07, 6.45) is 2.86. The monoisotopic (exact) mass is 261 g/mol. The van der Waals surface area contributed by atoms with Crippen molar-refractivity contribution in [2.45, 2.75) is 60.8 Å². The molecule has 0 fully saturated rings. The Kier molecular flexibility index (Phi) is 5.90. The van der Waals surface area contributed by atoms with Crippen LogP contribution in [0.3, 0.4) is 0 Å². The van der Waals surface area contributed by atoms with Gasteiger partial charge >= 0.3 is 0 Å². The predicted octanol–water partition coefficient (Wildman–Crippen LogP) is 5.43. The minimum atomic E-state index is 0.287. The molecule has 1 heteroatoms. The lowest BCUT2D eigenvalue weighted by atomic mass is 9.91. The van der Waals surface area contributed by atoms with Gasteiger partial charge in [0.1, 0.15) is 0 Å². The van der Waals surface area contributed by atoms with Crippen molar-refractivity contribution in [3.8, 4) is 5.75 Å². The molecule has 0 saturated carbocycles. The Balaban J connectivity index is 3.13. The smallest absolute Gasteiger partial charge is 0.185 e. The Bertz CT molecular complexity index is 371.